The number of aryl methyl sites for hydroxylation is 2. The maximum Gasteiger partial charge on any atom is 0.339 e. The van der Waals surface area contributed by atoms with Crippen LogP contribution in [-0.4, -0.2) is 37.6 Å². The number of hydrogen-bond acceptors (Lipinski definition) is 7. The van der Waals surface area contributed by atoms with Crippen LogP contribution in [0.3, 0.4) is 0 Å². The number of thioether (sulfide) groups is 1. The summed E-state index contributed by atoms with van der Waals surface area (Å²) >= 11 is 4.14. The lowest BCUT2D eigenvalue weighted by Crippen LogP contribution is -2.32. The van der Waals surface area contributed by atoms with Gasteiger partial charge in [-0.05, 0) is 79.7 Å². The van der Waals surface area contributed by atoms with E-state index in [1.807, 2.05) is 32.0 Å². The molecular formula is C26H22BrNO6S2. The van der Waals surface area contributed by atoms with Crippen molar-refractivity contribution in [2.75, 3.05) is 13.2 Å². The molecular weight excluding hydrogens is 566 g/mol. The predicted octanol–water partition coefficient (Wildman–Crippen LogP) is 5.95. The van der Waals surface area contributed by atoms with Crippen LogP contribution in [0.15, 0.2) is 81.0 Å². The minimum absolute atomic E-state index is 0.0101. The van der Waals surface area contributed by atoms with Gasteiger partial charge in [0.1, 0.15) is 23.0 Å². The van der Waals surface area contributed by atoms with Crippen molar-refractivity contribution in [1.29, 1.82) is 0 Å². The van der Waals surface area contributed by atoms with E-state index in [-0.39, 0.29) is 28.7 Å². The maximum atomic E-state index is 12.9. The van der Waals surface area contributed by atoms with Gasteiger partial charge in [0.15, 0.2) is 0 Å². The third-order valence-corrected chi connectivity index (χ3v) is 7.86. The van der Waals surface area contributed by atoms with Gasteiger partial charge in [-0.15, -0.1) is 0 Å². The van der Waals surface area contributed by atoms with Gasteiger partial charge in [0, 0.05) is 10.0 Å². The van der Waals surface area contributed by atoms with E-state index in [0.29, 0.717) is 15.8 Å². The molecule has 1 aliphatic heterocycles. The van der Waals surface area contributed by atoms with Crippen LogP contribution >= 0.6 is 27.7 Å². The second kappa shape index (κ2) is 10.9. The van der Waals surface area contributed by atoms with E-state index in [9.17, 15) is 18.0 Å². The molecule has 7 nitrogen and oxygen atoms in total. The Hall–Kier alpha value is -3.08. The molecule has 1 saturated heterocycles. The van der Waals surface area contributed by atoms with Gasteiger partial charge in [-0.2, -0.15) is 8.42 Å². The molecule has 0 atom stereocenters. The van der Waals surface area contributed by atoms with E-state index in [1.165, 1.54) is 24.3 Å². The summed E-state index contributed by atoms with van der Waals surface area (Å²) in [5.74, 6) is 0.210. The van der Waals surface area contributed by atoms with Crippen molar-refractivity contribution in [2.24, 2.45) is 0 Å². The highest BCUT2D eigenvalue weighted by Crippen LogP contribution is 2.35. The largest absolute Gasteiger partial charge is 0.492 e. The second-order valence-electron chi connectivity index (χ2n) is 8.03. The fourth-order valence-electron chi connectivity index (χ4n) is 3.37. The zero-order valence-electron chi connectivity index (χ0n) is 19.4. The summed E-state index contributed by atoms with van der Waals surface area (Å²) < 4.78 is 37.3. The van der Waals surface area contributed by atoms with E-state index in [0.717, 1.165) is 27.8 Å². The molecule has 186 valence electrons. The molecule has 0 N–H and O–H groups in total. The van der Waals surface area contributed by atoms with Gasteiger partial charge in [0.2, 0.25) is 0 Å². The lowest BCUT2D eigenvalue weighted by molar-refractivity contribution is -0.123. The summed E-state index contributed by atoms with van der Waals surface area (Å²) in [4.78, 5) is 26.7. The van der Waals surface area contributed by atoms with Gasteiger partial charge < -0.3 is 8.92 Å². The van der Waals surface area contributed by atoms with E-state index in [1.54, 1.807) is 30.3 Å². The molecule has 36 heavy (non-hydrogen) atoms. The van der Waals surface area contributed by atoms with E-state index >= 15 is 0 Å². The minimum Gasteiger partial charge on any atom is -0.492 e. The first kappa shape index (κ1) is 26.0. The van der Waals surface area contributed by atoms with Crippen molar-refractivity contribution in [3.63, 3.8) is 0 Å². The molecule has 10 heteroatoms. The van der Waals surface area contributed by atoms with E-state index in [2.05, 4.69) is 15.9 Å². The number of hydrogen-bond donors (Lipinski definition) is 0. The van der Waals surface area contributed by atoms with Crippen molar-refractivity contribution < 1.29 is 26.9 Å². The lowest BCUT2D eigenvalue weighted by Gasteiger charge is -2.13. The summed E-state index contributed by atoms with van der Waals surface area (Å²) in [6, 6.07) is 18.5. The van der Waals surface area contributed by atoms with Crippen LogP contribution in [0.4, 0.5) is 4.79 Å². The molecule has 0 radical (unpaired) electrons. The van der Waals surface area contributed by atoms with Gasteiger partial charge in [0.25, 0.3) is 11.1 Å². The van der Waals surface area contributed by atoms with Crippen LogP contribution in [0.2, 0.25) is 0 Å². The van der Waals surface area contributed by atoms with Crippen molar-refractivity contribution in [2.45, 2.75) is 18.7 Å². The van der Waals surface area contributed by atoms with Crippen LogP contribution in [0.25, 0.3) is 6.08 Å². The third kappa shape index (κ3) is 6.18. The molecule has 0 saturated carbocycles. The molecule has 1 aliphatic rings. The number of benzene rings is 3. The highest BCUT2D eigenvalue weighted by molar-refractivity contribution is 9.10. The molecule has 0 spiro atoms. The van der Waals surface area contributed by atoms with Gasteiger partial charge >= 0.3 is 10.1 Å². The Morgan fingerprint density at radius 2 is 1.72 bits per heavy atom. The molecule has 1 fully saturated rings. The molecule has 3 aromatic rings. The first-order valence-corrected chi connectivity index (χ1v) is 13.9. The SMILES string of the molecule is Cc1ccc(S(=O)(=O)Oc2ccc(Br)cc2/C=C2\SC(=O)N(CCOc3cccc(C)c3)C2=O)cc1. The Bertz CT molecular complexity index is 1450. The normalized spacial score (nSPS) is 15.0. The van der Waals surface area contributed by atoms with E-state index in [4.69, 9.17) is 8.92 Å². The minimum atomic E-state index is -4.11. The first-order chi connectivity index (χ1) is 17.1. The highest BCUT2D eigenvalue weighted by atomic mass is 79.9. The molecule has 4 rings (SSSR count). The van der Waals surface area contributed by atoms with Crippen molar-refractivity contribution in [3.05, 3.63) is 92.8 Å². The van der Waals surface area contributed by atoms with Crippen LogP contribution in [0, 0.1) is 13.8 Å². The average Bonchev–Trinajstić information content (AvgIpc) is 3.08. The van der Waals surface area contributed by atoms with Gasteiger partial charge in [-0.3, -0.25) is 14.5 Å². The fraction of sp³-hybridized carbons (Fsp3) is 0.154. The van der Waals surface area contributed by atoms with Crippen LogP contribution in [-0.2, 0) is 14.9 Å². The Labute approximate surface area is 222 Å². The number of rotatable bonds is 8. The number of nitrogens with zero attached hydrogens (tertiary/aromatic N) is 1. The summed E-state index contributed by atoms with van der Waals surface area (Å²) in [5.41, 5.74) is 2.29. The molecule has 0 aliphatic carbocycles. The molecule has 0 bridgehead atoms. The maximum absolute atomic E-state index is 12.9. The topological polar surface area (TPSA) is 90.0 Å². The zero-order valence-corrected chi connectivity index (χ0v) is 22.7. The van der Waals surface area contributed by atoms with E-state index < -0.39 is 21.3 Å². The molecule has 3 aromatic carbocycles. The van der Waals surface area contributed by atoms with Gasteiger partial charge in [-0.1, -0.05) is 45.8 Å². The molecule has 1 heterocycles. The quantitative estimate of drug-likeness (QED) is 0.237. The summed E-state index contributed by atoms with van der Waals surface area (Å²) in [7, 11) is -4.11. The van der Waals surface area contributed by atoms with Gasteiger partial charge in [0.05, 0.1) is 11.4 Å². The smallest absolute Gasteiger partial charge is 0.339 e. The standard InChI is InChI=1S/C26H22BrNO6S2/c1-17-6-9-22(10-7-17)36(31,32)34-23-11-8-20(27)15-19(23)16-24-25(29)28(26(30)35-24)12-13-33-21-5-3-4-18(2)14-21/h3-11,14-16H,12-13H2,1-2H3/b24-16-. The summed E-state index contributed by atoms with van der Waals surface area (Å²) in [6.07, 6.45) is 1.46. The Balaban J connectivity index is 1.52. The average molecular weight is 589 g/mol. The first-order valence-electron chi connectivity index (χ1n) is 10.9. The zero-order chi connectivity index (χ0) is 25.9. The Kier molecular flexibility index (Phi) is 7.87. The highest BCUT2D eigenvalue weighted by Gasteiger charge is 2.35. The Morgan fingerprint density at radius 1 is 0.972 bits per heavy atom. The van der Waals surface area contributed by atoms with Crippen LogP contribution in [0.5, 0.6) is 11.5 Å². The number of ether oxygens (including phenoxy) is 1. The molecule has 0 aromatic heterocycles. The monoisotopic (exact) mass is 587 g/mol. The number of amides is 2. The van der Waals surface area contributed by atoms with Gasteiger partial charge in [-0.25, -0.2) is 0 Å². The fourth-order valence-corrected chi connectivity index (χ4v) is 5.56. The van der Waals surface area contributed by atoms with Crippen LogP contribution < -0.4 is 8.92 Å². The summed E-state index contributed by atoms with van der Waals surface area (Å²) in [5, 5.41) is -0.427. The Morgan fingerprint density at radius 3 is 2.44 bits per heavy atom. The van der Waals surface area contributed by atoms with Crippen molar-refractivity contribution in [1.82, 2.24) is 4.90 Å². The lowest BCUT2D eigenvalue weighted by atomic mass is 10.2. The van der Waals surface area contributed by atoms with Crippen molar-refractivity contribution >= 4 is 55.0 Å². The van der Waals surface area contributed by atoms with Crippen molar-refractivity contribution in [3.8, 4) is 11.5 Å². The summed E-state index contributed by atoms with van der Waals surface area (Å²) in [6.45, 7) is 4.03. The molecule has 0 unspecified atom stereocenters. The number of halogens is 1. The number of carbonyl (C=O) groups is 2. The number of imide groups is 1. The van der Waals surface area contributed by atoms with Crippen LogP contribution in [0.1, 0.15) is 16.7 Å². The molecule has 2 amide bonds. The predicted molar refractivity (Wildman–Crippen MR) is 142 cm³/mol. The third-order valence-electron chi connectivity index (χ3n) is 5.21. The number of carbonyl (C=O) groups excluding carboxylic acids is 2. The second-order valence-corrected chi connectivity index (χ2v) is 11.5.